The van der Waals surface area contributed by atoms with Gasteiger partial charge in [-0.15, -0.1) is 0 Å². The minimum Gasteiger partial charge on any atom is -0.444 e. The van der Waals surface area contributed by atoms with Gasteiger partial charge in [-0.2, -0.15) is 0 Å². The van der Waals surface area contributed by atoms with Crippen LogP contribution in [-0.2, 0) is 9.47 Å². The molecular formula is C14H23NO3. The fraction of sp³-hybridized carbons (Fsp3) is 0.929. The van der Waals surface area contributed by atoms with Crippen LogP contribution in [0.5, 0.6) is 0 Å². The molecule has 2 saturated heterocycles. The molecule has 4 nitrogen and oxygen atoms in total. The van der Waals surface area contributed by atoms with Crippen LogP contribution in [0.3, 0.4) is 0 Å². The summed E-state index contributed by atoms with van der Waals surface area (Å²) < 4.78 is 11.2. The number of hydrogen-bond donors (Lipinski definition) is 0. The van der Waals surface area contributed by atoms with Crippen molar-refractivity contribution in [3.05, 3.63) is 0 Å². The number of carbonyl (C=O) groups is 1. The summed E-state index contributed by atoms with van der Waals surface area (Å²) in [6.07, 6.45) is 1.02. The summed E-state index contributed by atoms with van der Waals surface area (Å²) in [6.45, 7) is 10.5. The van der Waals surface area contributed by atoms with Gasteiger partial charge in [0, 0.05) is 24.9 Å². The van der Waals surface area contributed by atoms with Crippen molar-refractivity contribution < 1.29 is 14.3 Å². The summed E-state index contributed by atoms with van der Waals surface area (Å²) >= 11 is 0. The third kappa shape index (κ3) is 1.81. The molecule has 0 aromatic carbocycles. The Morgan fingerprint density at radius 2 is 2.06 bits per heavy atom. The number of rotatable bonds is 0. The summed E-state index contributed by atoms with van der Waals surface area (Å²) in [5, 5.41) is 0. The van der Waals surface area contributed by atoms with Gasteiger partial charge in [-0.05, 0) is 33.1 Å². The van der Waals surface area contributed by atoms with Gasteiger partial charge < -0.3 is 14.4 Å². The smallest absolute Gasteiger partial charge is 0.410 e. The van der Waals surface area contributed by atoms with Crippen LogP contribution in [-0.4, -0.2) is 41.9 Å². The normalized spacial score (nSPS) is 42.2. The standard InChI is InChI=1S/C14H23NO3/c1-9-5-10-6-15(12(16)18-13(2,3)4)7-11(9)14(10)8-17-14/h9-11H,5-8H2,1-4H3/t9-,10?,11+,14?/m0/s1. The first kappa shape index (κ1) is 12.3. The average Bonchev–Trinajstić information content (AvgIpc) is 2.95. The van der Waals surface area contributed by atoms with Gasteiger partial charge in [0.15, 0.2) is 0 Å². The Morgan fingerprint density at radius 3 is 2.56 bits per heavy atom. The zero-order chi connectivity index (χ0) is 13.1. The highest BCUT2D eigenvalue weighted by Crippen LogP contribution is 2.57. The number of epoxide rings is 1. The molecule has 2 bridgehead atoms. The van der Waals surface area contributed by atoms with Crippen LogP contribution in [0.1, 0.15) is 34.1 Å². The lowest BCUT2D eigenvalue weighted by atomic mass is 9.84. The number of hydrogen-bond acceptors (Lipinski definition) is 3. The van der Waals surface area contributed by atoms with E-state index in [2.05, 4.69) is 6.92 Å². The van der Waals surface area contributed by atoms with Crippen molar-refractivity contribution in [1.82, 2.24) is 4.90 Å². The molecule has 18 heavy (non-hydrogen) atoms. The highest BCUT2D eigenvalue weighted by molar-refractivity contribution is 5.68. The lowest BCUT2D eigenvalue weighted by molar-refractivity contribution is 0.00152. The summed E-state index contributed by atoms with van der Waals surface area (Å²) in [7, 11) is 0. The van der Waals surface area contributed by atoms with Crippen LogP contribution >= 0.6 is 0 Å². The van der Waals surface area contributed by atoms with Crippen molar-refractivity contribution in [2.24, 2.45) is 17.8 Å². The van der Waals surface area contributed by atoms with E-state index < -0.39 is 5.60 Å². The van der Waals surface area contributed by atoms with E-state index in [-0.39, 0.29) is 11.7 Å². The van der Waals surface area contributed by atoms with Crippen LogP contribution in [0.2, 0.25) is 0 Å². The van der Waals surface area contributed by atoms with Crippen LogP contribution in [0.4, 0.5) is 4.79 Å². The van der Waals surface area contributed by atoms with Gasteiger partial charge in [-0.3, -0.25) is 0 Å². The molecule has 0 aromatic heterocycles. The first-order valence-corrected chi connectivity index (χ1v) is 6.94. The number of nitrogens with zero attached hydrogens (tertiary/aromatic N) is 1. The number of amides is 1. The largest absolute Gasteiger partial charge is 0.444 e. The molecule has 3 fully saturated rings. The molecule has 0 N–H and O–H groups in total. The highest BCUT2D eigenvalue weighted by atomic mass is 16.6. The molecule has 0 aromatic rings. The Balaban J connectivity index is 1.70. The minimum absolute atomic E-state index is 0.123. The first-order valence-electron chi connectivity index (χ1n) is 6.94. The second-order valence-electron chi connectivity index (χ2n) is 7.15. The van der Waals surface area contributed by atoms with E-state index in [1.54, 1.807) is 0 Å². The number of carbonyl (C=O) groups excluding carboxylic acids is 1. The highest BCUT2D eigenvalue weighted by Gasteiger charge is 2.66. The first-order chi connectivity index (χ1) is 8.32. The van der Waals surface area contributed by atoms with Gasteiger partial charge in [0.05, 0.1) is 6.61 Å². The molecule has 3 rings (SSSR count). The van der Waals surface area contributed by atoms with E-state index in [9.17, 15) is 4.79 Å². The Morgan fingerprint density at radius 1 is 1.39 bits per heavy atom. The van der Waals surface area contributed by atoms with E-state index in [1.165, 1.54) is 6.42 Å². The SMILES string of the molecule is C[C@H]1CC2CN(C(=O)OC(C)(C)C)C[C@H]1C21CO1. The predicted molar refractivity (Wildman–Crippen MR) is 67.3 cm³/mol. The third-order valence-corrected chi connectivity index (χ3v) is 4.65. The molecule has 102 valence electrons. The topological polar surface area (TPSA) is 42.1 Å². The second kappa shape index (κ2) is 3.62. The van der Waals surface area contributed by atoms with E-state index >= 15 is 0 Å². The summed E-state index contributed by atoms with van der Waals surface area (Å²) in [5.74, 6) is 1.67. The fourth-order valence-corrected chi connectivity index (χ4v) is 3.75. The molecule has 2 heterocycles. The van der Waals surface area contributed by atoms with Crippen LogP contribution in [0, 0.1) is 17.8 Å². The monoisotopic (exact) mass is 253 g/mol. The average molecular weight is 253 g/mol. The number of ether oxygens (including phenoxy) is 2. The van der Waals surface area contributed by atoms with Gasteiger partial charge >= 0.3 is 6.09 Å². The Kier molecular flexibility index (Phi) is 2.47. The molecular weight excluding hydrogens is 230 g/mol. The molecule has 2 unspecified atom stereocenters. The predicted octanol–water partition coefficient (Wildman–Crippen LogP) is 2.28. The molecule has 1 spiro atoms. The van der Waals surface area contributed by atoms with Gasteiger partial charge in [-0.1, -0.05) is 6.92 Å². The lowest BCUT2D eigenvalue weighted by Gasteiger charge is -2.37. The van der Waals surface area contributed by atoms with E-state index in [4.69, 9.17) is 9.47 Å². The van der Waals surface area contributed by atoms with Crippen molar-refractivity contribution in [2.45, 2.75) is 45.3 Å². The zero-order valence-electron chi connectivity index (χ0n) is 11.7. The summed E-state index contributed by atoms with van der Waals surface area (Å²) in [5.41, 5.74) is -0.287. The minimum atomic E-state index is -0.410. The van der Waals surface area contributed by atoms with Gasteiger partial charge in [-0.25, -0.2) is 4.79 Å². The van der Waals surface area contributed by atoms with Crippen molar-refractivity contribution in [3.8, 4) is 0 Å². The number of likely N-dealkylation sites (tertiary alicyclic amines) is 1. The zero-order valence-corrected chi connectivity index (χ0v) is 11.7. The van der Waals surface area contributed by atoms with Crippen LogP contribution < -0.4 is 0 Å². The van der Waals surface area contributed by atoms with E-state index in [0.717, 1.165) is 19.7 Å². The Bertz CT molecular complexity index is 370. The maximum absolute atomic E-state index is 12.1. The maximum Gasteiger partial charge on any atom is 0.410 e. The van der Waals surface area contributed by atoms with E-state index in [0.29, 0.717) is 17.8 Å². The molecule has 2 aliphatic heterocycles. The molecule has 0 radical (unpaired) electrons. The van der Waals surface area contributed by atoms with E-state index in [1.807, 2.05) is 25.7 Å². The quantitative estimate of drug-likeness (QED) is 0.622. The van der Waals surface area contributed by atoms with Crippen molar-refractivity contribution in [1.29, 1.82) is 0 Å². The number of piperidine rings is 1. The Labute approximate surface area is 109 Å². The molecule has 1 amide bonds. The van der Waals surface area contributed by atoms with Gasteiger partial charge in [0.2, 0.25) is 0 Å². The summed E-state index contributed by atoms with van der Waals surface area (Å²) in [6, 6.07) is 0. The van der Waals surface area contributed by atoms with Crippen LogP contribution in [0.15, 0.2) is 0 Å². The Hall–Kier alpha value is -0.770. The fourth-order valence-electron chi connectivity index (χ4n) is 3.75. The molecule has 1 aliphatic carbocycles. The molecule has 4 atom stereocenters. The van der Waals surface area contributed by atoms with Gasteiger partial charge in [0.25, 0.3) is 0 Å². The van der Waals surface area contributed by atoms with Crippen molar-refractivity contribution in [3.63, 3.8) is 0 Å². The van der Waals surface area contributed by atoms with Crippen molar-refractivity contribution >= 4 is 6.09 Å². The van der Waals surface area contributed by atoms with Gasteiger partial charge in [0.1, 0.15) is 11.2 Å². The van der Waals surface area contributed by atoms with Crippen LogP contribution in [0.25, 0.3) is 0 Å². The van der Waals surface area contributed by atoms with Crippen molar-refractivity contribution in [2.75, 3.05) is 19.7 Å². The third-order valence-electron chi connectivity index (χ3n) is 4.65. The molecule has 1 saturated carbocycles. The molecule has 3 aliphatic rings. The summed E-state index contributed by atoms with van der Waals surface area (Å²) in [4.78, 5) is 14.0. The second-order valence-corrected chi connectivity index (χ2v) is 7.15. The molecule has 4 heteroatoms. The lowest BCUT2D eigenvalue weighted by Crippen LogP contribution is -2.51. The maximum atomic E-state index is 12.1.